The van der Waals surface area contributed by atoms with Gasteiger partial charge in [-0.3, -0.25) is 9.59 Å². The number of carboxylic acids is 1. The maximum absolute atomic E-state index is 11.9. The van der Waals surface area contributed by atoms with Crippen molar-refractivity contribution >= 4 is 18.0 Å². The fourth-order valence-corrected chi connectivity index (χ4v) is 2.41. The van der Waals surface area contributed by atoms with Gasteiger partial charge < -0.3 is 20.1 Å². The van der Waals surface area contributed by atoms with Crippen LogP contribution in [0.2, 0.25) is 0 Å². The predicted octanol–water partition coefficient (Wildman–Crippen LogP) is 1.23. The normalized spacial score (nSPS) is 15.7. The molecule has 120 valence electrons. The smallest absolute Gasteiger partial charge is 0.317 e. The molecule has 7 nitrogen and oxygen atoms in total. The highest BCUT2D eigenvalue weighted by molar-refractivity contribution is 5.75. The van der Waals surface area contributed by atoms with E-state index in [2.05, 4.69) is 5.32 Å². The van der Waals surface area contributed by atoms with Gasteiger partial charge in [-0.05, 0) is 25.2 Å². The van der Waals surface area contributed by atoms with Crippen LogP contribution in [0, 0.1) is 5.41 Å². The van der Waals surface area contributed by atoms with Crippen LogP contribution >= 0.6 is 0 Å². The second-order valence-electron chi connectivity index (χ2n) is 5.56. The summed E-state index contributed by atoms with van der Waals surface area (Å²) >= 11 is 0. The van der Waals surface area contributed by atoms with Gasteiger partial charge in [0, 0.05) is 20.1 Å². The second-order valence-corrected chi connectivity index (χ2v) is 5.56. The number of aliphatic carboxylic acids is 1. The molecule has 1 aliphatic carbocycles. The summed E-state index contributed by atoms with van der Waals surface area (Å²) in [6.45, 7) is 2.69. The van der Waals surface area contributed by atoms with E-state index in [1.54, 1.807) is 14.0 Å². The van der Waals surface area contributed by atoms with Gasteiger partial charge in [0.05, 0.1) is 19.4 Å². The minimum absolute atomic E-state index is 0.0832. The molecule has 7 heteroatoms. The van der Waals surface area contributed by atoms with Crippen LogP contribution in [0.3, 0.4) is 0 Å². The lowest BCUT2D eigenvalue weighted by Gasteiger charge is -2.41. The van der Waals surface area contributed by atoms with Crippen LogP contribution < -0.4 is 5.32 Å². The topological polar surface area (TPSA) is 95.9 Å². The molecule has 2 N–H and O–H groups in total. The van der Waals surface area contributed by atoms with Crippen LogP contribution in [-0.4, -0.2) is 54.7 Å². The van der Waals surface area contributed by atoms with Crippen molar-refractivity contribution in [2.75, 3.05) is 26.7 Å². The Bertz CT molecular complexity index is 393. The van der Waals surface area contributed by atoms with Crippen LogP contribution in [0.25, 0.3) is 0 Å². The van der Waals surface area contributed by atoms with E-state index < -0.39 is 5.97 Å². The van der Waals surface area contributed by atoms with Crippen LogP contribution in [-0.2, 0) is 14.3 Å². The molecule has 0 unspecified atom stereocenters. The zero-order valence-corrected chi connectivity index (χ0v) is 12.7. The summed E-state index contributed by atoms with van der Waals surface area (Å²) in [6, 6.07) is -0.295. The average molecular weight is 300 g/mol. The van der Waals surface area contributed by atoms with Gasteiger partial charge in [-0.25, -0.2) is 4.79 Å². The van der Waals surface area contributed by atoms with E-state index >= 15 is 0 Å². The Morgan fingerprint density at radius 1 is 1.33 bits per heavy atom. The summed E-state index contributed by atoms with van der Waals surface area (Å²) in [5.74, 6) is -1.17. The van der Waals surface area contributed by atoms with Gasteiger partial charge in [0.1, 0.15) is 0 Å². The van der Waals surface area contributed by atoms with Crippen LogP contribution in [0.15, 0.2) is 0 Å². The number of esters is 1. The summed E-state index contributed by atoms with van der Waals surface area (Å²) in [6.07, 6.45) is 2.89. The van der Waals surface area contributed by atoms with E-state index in [-0.39, 0.29) is 36.8 Å². The number of ether oxygens (including phenoxy) is 1. The molecule has 0 aromatic carbocycles. The lowest BCUT2D eigenvalue weighted by Crippen LogP contribution is -2.47. The highest BCUT2D eigenvalue weighted by Gasteiger charge is 2.39. The number of urea groups is 1. The summed E-state index contributed by atoms with van der Waals surface area (Å²) in [5.41, 5.74) is -0.302. The van der Waals surface area contributed by atoms with Gasteiger partial charge >= 0.3 is 18.0 Å². The summed E-state index contributed by atoms with van der Waals surface area (Å²) in [4.78, 5) is 35.4. The third kappa shape index (κ3) is 5.61. The molecule has 1 saturated carbocycles. The fourth-order valence-electron chi connectivity index (χ4n) is 2.41. The zero-order chi connectivity index (χ0) is 15.9. The number of carboxylic acid groups (broad SMARTS) is 1. The molecule has 0 heterocycles. The molecular formula is C14H24N2O5. The quantitative estimate of drug-likeness (QED) is 0.657. The molecule has 0 radical (unpaired) electrons. The molecule has 1 aliphatic rings. The molecule has 0 aliphatic heterocycles. The number of nitrogens with one attached hydrogen (secondary N) is 1. The van der Waals surface area contributed by atoms with Crippen molar-refractivity contribution in [3.63, 3.8) is 0 Å². The standard InChI is InChI=1S/C14H24N2O5/c1-3-21-12(19)5-8-16(2)13(20)15-10-14(6-4-7-14)9-11(17)18/h3-10H2,1-2H3,(H,15,20)(H,17,18). The van der Waals surface area contributed by atoms with Crippen molar-refractivity contribution in [1.29, 1.82) is 0 Å². The average Bonchev–Trinajstić information content (AvgIpc) is 2.38. The number of rotatable bonds is 8. The number of hydrogen-bond acceptors (Lipinski definition) is 4. The minimum Gasteiger partial charge on any atom is -0.481 e. The zero-order valence-electron chi connectivity index (χ0n) is 12.7. The first kappa shape index (κ1) is 17.3. The Labute approximate surface area is 124 Å². The van der Waals surface area contributed by atoms with Gasteiger partial charge in [0.25, 0.3) is 0 Å². The van der Waals surface area contributed by atoms with Crippen molar-refractivity contribution in [3.8, 4) is 0 Å². The molecule has 0 spiro atoms. The molecule has 2 amide bonds. The van der Waals surface area contributed by atoms with E-state index in [0.717, 1.165) is 19.3 Å². The first-order chi connectivity index (χ1) is 9.88. The summed E-state index contributed by atoms with van der Waals surface area (Å²) in [7, 11) is 1.60. The molecule has 0 aromatic heterocycles. The lowest BCUT2D eigenvalue weighted by atomic mass is 9.66. The largest absolute Gasteiger partial charge is 0.481 e. The van der Waals surface area contributed by atoms with Crippen molar-refractivity contribution in [3.05, 3.63) is 0 Å². The third-order valence-electron chi connectivity index (χ3n) is 3.86. The van der Waals surface area contributed by atoms with Crippen molar-refractivity contribution in [2.45, 2.75) is 39.0 Å². The Morgan fingerprint density at radius 3 is 2.48 bits per heavy atom. The molecule has 0 atom stereocenters. The van der Waals surface area contributed by atoms with Gasteiger partial charge in [-0.15, -0.1) is 0 Å². The van der Waals surface area contributed by atoms with Crippen molar-refractivity contribution < 1.29 is 24.2 Å². The Balaban J connectivity index is 2.32. The number of nitrogens with zero attached hydrogens (tertiary/aromatic N) is 1. The Morgan fingerprint density at radius 2 is 2.00 bits per heavy atom. The number of amides is 2. The minimum atomic E-state index is -0.834. The second kappa shape index (κ2) is 7.85. The van der Waals surface area contributed by atoms with Crippen molar-refractivity contribution in [2.24, 2.45) is 5.41 Å². The molecule has 1 rings (SSSR count). The van der Waals surface area contributed by atoms with Crippen LogP contribution in [0.5, 0.6) is 0 Å². The van der Waals surface area contributed by atoms with E-state index in [1.807, 2.05) is 0 Å². The highest BCUT2D eigenvalue weighted by atomic mass is 16.5. The van der Waals surface area contributed by atoms with E-state index in [4.69, 9.17) is 9.84 Å². The van der Waals surface area contributed by atoms with E-state index in [1.165, 1.54) is 4.90 Å². The van der Waals surface area contributed by atoms with Crippen LogP contribution in [0.4, 0.5) is 4.79 Å². The maximum atomic E-state index is 11.9. The number of carbonyl (C=O) groups excluding carboxylic acids is 2. The van der Waals surface area contributed by atoms with Crippen LogP contribution in [0.1, 0.15) is 39.0 Å². The van der Waals surface area contributed by atoms with Gasteiger partial charge in [-0.2, -0.15) is 0 Å². The number of carbonyl (C=O) groups is 3. The van der Waals surface area contributed by atoms with Gasteiger partial charge in [-0.1, -0.05) is 6.42 Å². The monoisotopic (exact) mass is 300 g/mol. The van der Waals surface area contributed by atoms with Crippen molar-refractivity contribution in [1.82, 2.24) is 10.2 Å². The molecule has 0 bridgehead atoms. The number of hydrogen-bond donors (Lipinski definition) is 2. The molecule has 1 fully saturated rings. The predicted molar refractivity (Wildman–Crippen MR) is 75.8 cm³/mol. The van der Waals surface area contributed by atoms with Gasteiger partial charge in [0.15, 0.2) is 0 Å². The fraction of sp³-hybridized carbons (Fsp3) is 0.786. The molecular weight excluding hydrogens is 276 g/mol. The Hall–Kier alpha value is -1.79. The molecule has 21 heavy (non-hydrogen) atoms. The Kier molecular flexibility index (Phi) is 6.45. The van der Waals surface area contributed by atoms with E-state index in [9.17, 15) is 14.4 Å². The first-order valence-corrected chi connectivity index (χ1v) is 7.25. The van der Waals surface area contributed by atoms with E-state index in [0.29, 0.717) is 13.2 Å². The summed E-state index contributed by atoms with van der Waals surface area (Å²) in [5, 5.41) is 11.7. The third-order valence-corrected chi connectivity index (χ3v) is 3.86. The first-order valence-electron chi connectivity index (χ1n) is 7.25. The van der Waals surface area contributed by atoms with Gasteiger partial charge in [0.2, 0.25) is 0 Å². The summed E-state index contributed by atoms with van der Waals surface area (Å²) < 4.78 is 4.79. The molecule has 0 saturated heterocycles. The maximum Gasteiger partial charge on any atom is 0.317 e. The highest BCUT2D eigenvalue weighted by Crippen LogP contribution is 2.43. The lowest BCUT2D eigenvalue weighted by molar-refractivity contribution is -0.143. The molecule has 0 aromatic rings. The SMILES string of the molecule is CCOC(=O)CCN(C)C(=O)NCC1(CC(=O)O)CCC1.